The van der Waals surface area contributed by atoms with Gasteiger partial charge in [0.05, 0.1) is 16.3 Å². The van der Waals surface area contributed by atoms with E-state index in [1.807, 2.05) is 0 Å². The van der Waals surface area contributed by atoms with Crippen molar-refractivity contribution in [3.8, 4) is 0 Å². The number of hydrogen-bond acceptors (Lipinski definition) is 3. The number of carbonyl (C=O) groups excluding carboxylic acids is 1. The molecule has 7 heteroatoms. The van der Waals surface area contributed by atoms with E-state index in [0.29, 0.717) is 0 Å². The highest BCUT2D eigenvalue weighted by Gasteiger charge is 2.25. The van der Waals surface area contributed by atoms with Crippen LogP contribution in [0.5, 0.6) is 0 Å². The Bertz CT molecular complexity index is 655. The van der Waals surface area contributed by atoms with Crippen LogP contribution in [0.15, 0.2) is 18.2 Å². The minimum absolute atomic E-state index is 0.00410. The number of benzene rings is 1. The number of sulfone groups is 1. The number of hydrogen-bond donors (Lipinski definition) is 1. The topological polar surface area (TPSA) is 63.2 Å². The molecule has 0 bridgehead atoms. The average Bonchev–Trinajstić information content (AvgIpc) is 2.39. The second-order valence-electron chi connectivity index (χ2n) is 5.91. The molecule has 1 aliphatic carbocycles. The lowest BCUT2D eigenvalue weighted by Gasteiger charge is -2.28. The monoisotopic (exact) mass is 347 g/mol. The summed E-state index contributed by atoms with van der Waals surface area (Å²) in [6.07, 6.45) is 4.28. The Balaban J connectivity index is 1.89. The van der Waals surface area contributed by atoms with Gasteiger partial charge in [0.15, 0.2) is 0 Å². The predicted octanol–water partition coefficient (Wildman–Crippen LogP) is 2.81. The molecule has 1 fully saturated rings. The van der Waals surface area contributed by atoms with Crippen LogP contribution in [0.3, 0.4) is 0 Å². The Kier molecular flexibility index (Phi) is 5.45. The van der Waals surface area contributed by atoms with Crippen LogP contribution in [0.25, 0.3) is 0 Å². The smallest absolute Gasteiger partial charge is 0.253 e. The zero-order valence-corrected chi connectivity index (χ0v) is 13.9. The fourth-order valence-electron chi connectivity index (χ4n) is 2.84. The average molecular weight is 348 g/mol. The van der Waals surface area contributed by atoms with Crippen molar-refractivity contribution in [2.75, 3.05) is 12.0 Å². The molecular weight excluding hydrogens is 329 g/mol. The van der Waals surface area contributed by atoms with Gasteiger partial charge >= 0.3 is 0 Å². The maximum atomic E-state index is 13.0. The summed E-state index contributed by atoms with van der Waals surface area (Å²) in [5, 5.41) is 2.97. The molecule has 0 saturated heterocycles. The zero-order chi connectivity index (χ0) is 16.3. The van der Waals surface area contributed by atoms with Crippen LogP contribution in [0, 0.1) is 11.7 Å². The number of nitrogens with one attached hydrogen (secondary N) is 1. The maximum Gasteiger partial charge on any atom is 0.253 e. The standard InChI is InChI=1S/C15H19ClFNO3S/c1-22(20,21)9-10-2-5-12(6-3-10)18-15(19)13-7-4-11(17)8-14(13)16/h4,7-8,10,12H,2-3,5-6,9H2,1H3,(H,18,19). The maximum absolute atomic E-state index is 13.0. The molecule has 0 radical (unpaired) electrons. The molecule has 0 aromatic heterocycles. The third kappa shape index (κ3) is 4.95. The van der Waals surface area contributed by atoms with Crippen LogP contribution < -0.4 is 5.32 Å². The van der Waals surface area contributed by atoms with Gasteiger partial charge in [-0.25, -0.2) is 12.8 Å². The highest BCUT2D eigenvalue weighted by Crippen LogP contribution is 2.26. The molecule has 1 aromatic rings. The zero-order valence-electron chi connectivity index (χ0n) is 12.3. The van der Waals surface area contributed by atoms with E-state index in [-0.39, 0.29) is 34.2 Å². The first-order valence-corrected chi connectivity index (χ1v) is 9.62. The number of carbonyl (C=O) groups is 1. The molecule has 1 saturated carbocycles. The van der Waals surface area contributed by atoms with Crippen molar-refractivity contribution in [3.05, 3.63) is 34.6 Å². The van der Waals surface area contributed by atoms with Gasteiger partial charge < -0.3 is 5.32 Å². The van der Waals surface area contributed by atoms with E-state index in [4.69, 9.17) is 11.6 Å². The normalized spacial score (nSPS) is 22.3. The summed E-state index contributed by atoms with van der Waals surface area (Å²) in [4.78, 5) is 12.1. The van der Waals surface area contributed by atoms with Gasteiger partial charge in [0, 0.05) is 12.3 Å². The van der Waals surface area contributed by atoms with Crippen LogP contribution in [0.2, 0.25) is 5.02 Å². The second-order valence-corrected chi connectivity index (χ2v) is 8.50. The first kappa shape index (κ1) is 17.2. The minimum atomic E-state index is -2.96. The molecule has 2 rings (SSSR count). The van der Waals surface area contributed by atoms with E-state index >= 15 is 0 Å². The lowest BCUT2D eigenvalue weighted by Crippen LogP contribution is -2.38. The van der Waals surface area contributed by atoms with E-state index in [9.17, 15) is 17.6 Å². The third-order valence-electron chi connectivity index (χ3n) is 3.90. The predicted molar refractivity (Wildman–Crippen MR) is 84.3 cm³/mol. The summed E-state index contributed by atoms with van der Waals surface area (Å²) in [5.74, 6) is -0.436. The highest BCUT2D eigenvalue weighted by molar-refractivity contribution is 7.90. The summed E-state index contributed by atoms with van der Waals surface area (Å²) in [5.41, 5.74) is 0.251. The first-order valence-electron chi connectivity index (χ1n) is 7.18. The fourth-order valence-corrected chi connectivity index (χ4v) is 4.28. The van der Waals surface area contributed by atoms with Gasteiger partial charge in [-0.2, -0.15) is 0 Å². The van der Waals surface area contributed by atoms with Gasteiger partial charge in [-0.15, -0.1) is 0 Å². The summed E-state index contributed by atoms with van der Waals surface area (Å²) in [6.45, 7) is 0. The first-order chi connectivity index (χ1) is 10.2. The van der Waals surface area contributed by atoms with Crippen molar-refractivity contribution in [3.63, 3.8) is 0 Å². The molecule has 4 nitrogen and oxygen atoms in total. The number of rotatable bonds is 4. The van der Waals surface area contributed by atoms with Crippen LogP contribution >= 0.6 is 11.6 Å². The van der Waals surface area contributed by atoms with E-state index in [1.54, 1.807) is 0 Å². The van der Waals surface area contributed by atoms with Crippen molar-refractivity contribution >= 4 is 27.3 Å². The molecule has 1 aliphatic rings. The van der Waals surface area contributed by atoms with E-state index in [2.05, 4.69) is 5.32 Å². The van der Waals surface area contributed by atoms with Gasteiger partial charge in [-0.1, -0.05) is 11.6 Å². The quantitative estimate of drug-likeness (QED) is 0.911. The molecule has 0 spiro atoms. The van der Waals surface area contributed by atoms with Crippen molar-refractivity contribution in [2.24, 2.45) is 5.92 Å². The molecule has 0 atom stereocenters. The minimum Gasteiger partial charge on any atom is -0.349 e. The van der Waals surface area contributed by atoms with Crippen LogP contribution in [0.4, 0.5) is 4.39 Å². The molecule has 0 heterocycles. The van der Waals surface area contributed by atoms with Gasteiger partial charge in [-0.05, 0) is 49.8 Å². The summed E-state index contributed by atoms with van der Waals surface area (Å²) >= 11 is 5.87. The van der Waals surface area contributed by atoms with Crippen molar-refractivity contribution in [1.82, 2.24) is 5.32 Å². The summed E-state index contributed by atoms with van der Waals surface area (Å²) < 4.78 is 35.6. The highest BCUT2D eigenvalue weighted by atomic mass is 35.5. The second kappa shape index (κ2) is 6.96. The van der Waals surface area contributed by atoms with Gasteiger partial charge in [0.1, 0.15) is 15.7 Å². The molecule has 1 amide bonds. The van der Waals surface area contributed by atoms with E-state index < -0.39 is 15.7 Å². The molecule has 22 heavy (non-hydrogen) atoms. The molecule has 122 valence electrons. The molecule has 0 aliphatic heterocycles. The fraction of sp³-hybridized carbons (Fsp3) is 0.533. The lowest BCUT2D eigenvalue weighted by atomic mass is 9.87. The van der Waals surface area contributed by atoms with Crippen LogP contribution in [-0.4, -0.2) is 32.4 Å². The SMILES string of the molecule is CS(=O)(=O)CC1CCC(NC(=O)c2ccc(F)cc2Cl)CC1. The Labute approximate surface area is 135 Å². The van der Waals surface area contributed by atoms with E-state index in [1.165, 1.54) is 18.4 Å². The van der Waals surface area contributed by atoms with Gasteiger partial charge in [0.25, 0.3) is 5.91 Å². The largest absolute Gasteiger partial charge is 0.349 e. The molecule has 1 aromatic carbocycles. The number of halogens is 2. The Morgan fingerprint density at radius 1 is 1.32 bits per heavy atom. The Morgan fingerprint density at radius 3 is 2.50 bits per heavy atom. The Morgan fingerprint density at radius 2 is 1.95 bits per heavy atom. The Hall–Kier alpha value is -1.14. The summed E-state index contributed by atoms with van der Waals surface area (Å²) in [7, 11) is -2.96. The van der Waals surface area contributed by atoms with Crippen LogP contribution in [-0.2, 0) is 9.84 Å². The number of amides is 1. The lowest BCUT2D eigenvalue weighted by molar-refractivity contribution is 0.0923. The molecule has 0 unspecified atom stereocenters. The van der Waals surface area contributed by atoms with Crippen molar-refractivity contribution in [1.29, 1.82) is 0 Å². The van der Waals surface area contributed by atoms with E-state index in [0.717, 1.165) is 31.7 Å². The molecular formula is C15H19ClFNO3S. The van der Waals surface area contributed by atoms with Crippen molar-refractivity contribution < 1.29 is 17.6 Å². The van der Waals surface area contributed by atoms with Gasteiger partial charge in [-0.3, -0.25) is 4.79 Å². The van der Waals surface area contributed by atoms with Crippen molar-refractivity contribution in [2.45, 2.75) is 31.7 Å². The van der Waals surface area contributed by atoms with Gasteiger partial charge in [0.2, 0.25) is 0 Å². The molecule has 1 N–H and O–H groups in total. The third-order valence-corrected chi connectivity index (χ3v) is 5.29. The summed E-state index contributed by atoms with van der Waals surface area (Å²) in [6, 6.07) is 3.68. The van der Waals surface area contributed by atoms with Crippen LogP contribution in [0.1, 0.15) is 36.0 Å².